The van der Waals surface area contributed by atoms with Crippen molar-refractivity contribution in [1.29, 1.82) is 0 Å². The molecule has 0 heterocycles. The van der Waals surface area contributed by atoms with Gasteiger partial charge in [-0.15, -0.1) is 0 Å². The minimum absolute atomic E-state index is 0.0381. The van der Waals surface area contributed by atoms with Crippen LogP contribution in [0.1, 0.15) is 121 Å². The van der Waals surface area contributed by atoms with Crippen molar-refractivity contribution in [2.45, 2.75) is 139 Å². The second-order valence-electron chi connectivity index (χ2n) is 17.1. The van der Waals surface area contributed by atoms with E-state index in [0.717, 1.165) is 24.2 Å². The van der Waals surface area contributed by atoms with Crippen molar-refractivity contribution >= 4 is 0 Å². The molecule has 0 aromatic rings. The molecular formula is C36H64O3. The molecule has 5 aliphatic rings. The summed E-state index contributed by atoms with van der Waals surface area (Å²) >= 11 is 0. The average Bonchev–Trinajstić information content (AvgIpc) is 2.86. The van der Waals surface area contributed by atoms with Crippen molar-refractivity contribution in [1.82, 2.24) is 0 Å². The zero-order valence-corrected chi connectivity index (χ0v) is 27.2. The van der Waals surface area contributed by atoms with Gasteiger partial charge in [0.25, 0.3) is 0 Å². The Hall–Kier alpha value is -0.120. The molecule has 3 N–H and O–H groups in total. The first kappa shape index (κ1) is 30.3. The highest BCUT2D eigenvalue weighted by Crippen LogP contribution is 2.75. The third kappa shape index (κ3) is 4.11. The van der Waals surface area contributed by atoms with E-state index in [4.69, 9.17) is 0 Å². The molecule has 5 rings (SSSR count). The van der Waals surface area contributed by atoms with Crippen LogP contribution in [0, 0.1) is 87.3 Å². The van der Waals surface area contributed by atoms with Crippen LogP contribution in [-0.2, 0) is 0 Å². The average molecular weight is 545 g/mol. The maximum Gasteiger partial charge on any atom is 0.0657 e. The monoisotopic (exact) mass is 544 g/mol. The Labute approximate surface area is 241 Å². The first-order valence-corrected chi connectivity index (χ1v) is 17.2. The Bertz CT molecular complexity index is 879. The maximum atomic E-state index is 12.6. The Kier molecular flexibility index (Phi) is 7.98. The summed E-state index contributed by atoms with van der Waals surface area (Å²) in [6.45, 7) is 23.8. The van der Waals surface area contributed by atoms with Crippen molar-refractivity contribution in [3.63, 3.8) is 0 Å². The number of hydrogen-bond acceptors (Lipinski definition) is 3. The maximum absolute atomic E-state index is 12.6. The Morgan fingerprint density at radius 3 is 2.03 bits per heavy atom. The molecule has 0 aliphatic heterocycles. The molecule has 0 bridgehead atoms. The standard InChI is InChI=1S/C36H64O3/c1-19-11-13-26(14-12-19)17-27-15-16-28-22(4)35(9)25(7)34(8)18-20(2)29(24(6)37)33(39)36(34,10)23(5)31(35)32(38)30(28)21(27)3/h19-33,37-39H,11-18H2,1-10H3. The van der Waals surface area contributed by atoms with Crippen LogP contribution in [0.5, 0.6) is 0 Å². The summed E-state index contributed by atoms with van der Waals surface area (Å²) in [5.74, 6) is 5.57. The zero-order chi connectivity index (χ0) is 28.8. The molecule has 3 nitrogen and oxygen atoms in total. The molecule has 0 aromatic carbocycles. The molecule has 5 aliphatic carbocycles. The van der Waals surface area contributed by atoms with Crippen LogP contribution in [0.4, 0.5) is 0 Å². The van der Waals surface area contributed by atoms with E-state index in [9.17, 15) is 15.3 Å². The smallest absolute Gasteiger partial charge is 0.0657 e. The van der Waals surface area contributed by atoms with Crippen molar-refractivity contribution < 1.29 is 15.3 Å². The van der Waals surface area contributed by atoms with E-state index in [0.29, 0.717) is 29.6 Å². The molecule has 226 valence electrons. The Balaban J connectivity index is 1.49. The van der Waals surface area contributed by atoms with E-state index < -0.39 is 12.2 Å². The lowest BCUT2D eigenvalue weighted by molar-refractivity contribution is -0.315. The van der Waals surface area contributed by atoms with Gasteiger partial charge in [-0.25, -0.2) is 0 Å². The van der Waals surface area contributed by atoms with Gasteiger partial charge in [-0.1, -0.05) is 88.0 Å². The molecule has 16 unspecified atom stereocenters. The van der Waals surface area contributed by atoms with Crippen LogP contribution >= 0.6 is 0 Å². The highest BCUT2D eigenvalue weighted by molar-refractivity contribution is 5.21. The largest absolute Gasteiger partial charge is 0.393 e. The fraction of sp³-hybridized carbons (Fsp3) is 1.00. The number of fused-ring (bicyclic) bond motifs is 3. The van der Waals surface area contributed by atoms with Crippen LogP contribution in [0.25, 0.3) is 0 Å². The normalized spacial score (nSPS) is 60.5. The van der Waals surface area contributed by atoms with Crippen LogP contribution in [-0.4, -0.2) is 33.6 Å². The van der Waals surface area contributed by atoms with Crippen LogP contribution < -0.4 is 0 Å². The predicted octanol–water partition coefficient (Wildman–Crippen LogP) is 7.81. The fourth-order valence-corrected chi connectivity index (χ4v) is 13.2. The topological polar surface area (TPSA) is 60.7 Å². The highest BCUT2D eigenvalue weighted by Gasteiger charge is 2.74. The van der Waals surface area contributed by atoms with E-state index in [2.05, 4.69) is 62.3 Å². The minimum atomic E-state index is -0.557. The second kappa shape index (κ2) is 10.3. The van der Waals surface area contributed by atoms with Gasteiger partial charge in [0, 0.05) is 11.3 Å². The van der Waals surface area contributed by atoms with Crippen molar-refractivity contribution in [2.24, 2.45) is 87.3 Å². The molecule has 5 saturated carbocycles. The van der Waals surface area contributed by atoms with Crippen LogP contribution in [0.2, 0.25) is 0 Å². The summed E-state index contributed by atoms with van der Waals surface area (Å²) in [6.07, 6.45) is 9.27. The lowest BCUT2D eigenvalue weighted by Gasteiger charge is -2.75. The number of rotatable bonds is 3. The van der Waals surface area contributed by atoms with Gasteiger partial charge in [0.15, 0.2) is 0 Å². The summed E-state index contributed by atoms with van der Waals surface area (Å²) in [4.78, 5) is 0. The summed E-state index contributed by atoms with van der Waals surface area (Å²) in [6, 6.07) is 0. The molecule has 39 heavy (non-hydrogen) atoms. The molecule has 0 radical (unpaired) electrons. The SMILES string of the molecule is CC1CCC(CC2CCC3C(C2C)C(O)C2C(C)C4(C)C(O)C(C(C)O)C(C)CC4(C)C(C)C2(C)C3C)CC1. The Morgan fingerprint density at radius 2 is 1.44 bits per heavy atom. The van der Waals surface area contributed by atoms with Crippen molar-refractivity contribution in [2.75, 3.05) is 0 Å². The third-order valence-electron chi connectivity index (χ3n) is 16.1. The molecule has 0 saturated heterocycles. The van der Waals surface area contributed by atoms with Gasteiger partial charge in [0.2, 0.25) is 0 Å². The molecule has 5 fully saturated rings. The first-order valence-electron chi connectivity index (χ1n) is 17.2. The van der Waals surface area contributed by atoms with Crippen molar-refractivity contribution in [3.8, 4) is 0 Å². The molecule has 0 spiro atoms. The van der Waals surface area contributed by atoms with Crippen LogP contribution in [0.15, 0.2) is 0 Å². The summed E-state index contributed by atoms with van der Waals surface area (Å²) < 4.78 is 0. The zero-order valence-electron chi connectivity index (χ0n) is 27.2. The fourth-order valence-electron chi connectivity index (χ4n) is 13.2. The molecule has 16 atom stereocenters. The van der Waals surface area contributed by atoms with E-state index in [-0.39, 0.29) is 46.0 Å². The van der Waals surface area contributed by atoms with Crippen molar-refractivity contribution in [3.05, 3.63) is 0 Å². The van der Waals surface area contributed by atoms with Gasteiger partial charge in [-0.3, -0.25) is 0 Å². The highest BCUT2D eigenvalue weighted by atomic mass is 16.3. The predicted molar refractivity (Wildman–Crippen MR) is 161 cm³/mol. The van der Waals surface area contributed by atoms with E-state index >= 15 is 0 Å². The summed E-state index contributed by atoms with van der Waals surface area (Å²) in [5.41, 5.74) is -0.338. The van der Waals surface area contributed by atoms with Crippen LogP contribution in [0.3, 0.4) is 0 Å². The lowest BCUT2D eigenvalue weighted by Crippen LogP contribution is -2.74. The molecule has 0 aromatic heterocycles. The second-order valence-corrected chi connectivity index (χ2v) is 17.1. The molecule has 3 heteroatoms. The minimum Gasteiger partial charge on any atom is -0.393 e. The molecule has 0 amide bonds. The quantitative estimate of drug-likeness (QED) is 0.339. The third-order valence-corrected chi connectivity index (χ3v) is 16.1. The van der Waals surface area contributed by atoms with E-state index in [1.807, 2.05) is 6.92 Å². The van der Waals surface area contributed by atoms with Gasteiger partial charge >= 0.3 is 0 Å². The number of aliphatic hydroxyl groups excluding tert-OH is 3. The number of hydrogen-bond donors (Lipinski definition) is 3. The summed E-state index contributed by atoms with van der Waals surface area (Å²) in [5, 5.41) is 35.5. The van der Waals surface area contributed by atoms with Gasteiger partial charge < -0.3 is 15.3 Å². The Morgan fingerprint density at radius 1 is 0.821 bits per heavy atom. The van der Waals surface area contributed by atoms with Gasteiger partial charge in [0.05, 0.1) is 18.3 Å². The van der Waals surface area contributed by atoms with Gasteiger partial charge in [-0.05, 0) is 109 Å². The number of aliphatic hydroxyl groups is 3. The molecular weight excluding hydrogens is 480 g/mol. The lowest BCUT2D eigenvalue weighted by atomic mass is 9.30. The summed E-state index contributed by atoms with van der Waals surface area (Å²) in [7, 11) is 0. The van der Waals surface area contributed by atoms with Gasteiger partial charge in [-0.2, -0.15) is 0 Å². The van der Waals surface area contributed by atoms with E-state index in [1.54, 1.807) is 0 Å². The van der Waals surface area contributed by atoms with Gasteiger partial charge in [0.1, 0.15) is 0 Å². The van der Waals surface area contributed by atoms with E-state index in [1.165, 1.54) is 44.9 Å². The first-order chi connectivity index (χ1) is 18.1.